The highest BCUT2D eigenvalue weighted by molar-refractivity contribution is 6.30. The van der Waals surface area contributed by atoms with Gasteiger partial charge in [0.2, 0.25) is 5.91 Å². The van der Waals surface area contributed by atoms with E-state index >= 15 is 0 Å². The largest absolute Gasteiger partial charge is 0.365 e. The molecule has 5 rings (SSSR count). The third kappa shape index (κ3) is 4.45. The number of aromatic nitrogens is 3. The Morgan fingerprint density at radius 2 is 1.87 bits per heavy atom. The standard InChI is InChI=1S/C22H26ClN5O3/c23-17-5-3-15(4-6-17)19-12-28-18(13-31-19)20(25-26-28)22(30)27-9-7-16(8-10-27)21(29)24-11-14-1-2-14/h3-6,14,16,19H,1-2,7-13H2,(H,24,29)/t19-/m0/s1. The van der Waals surface area contributed by atoms with Crippen LogP contribution in [0.1, 0.15) is 53.5 Å². The van der Waals surface area contributed by atoms with Crippen molar-refractivity contribution in [2.24, 2.45) is 11.8 Å². The van der Waals surface area contributed by atoms with Gasteiger partial charge in [-0.2, -0.15) is 0 Å². The molecular formula is C22H26ClN5O3. The van der Waals surface area contributed by atoms with Gasteiger partial charge in [-0.25, -0.2) is 4.68 Å². The summed E-state index contributed by atoms with van der Waals surface area (Å²) < 4.78 is 7.76. The molecule has 0 unspecified atom stereocenters. The van der Waals surface area contributed by atoms with E-state index in [2.05, 4.69) is 15.6 Å². The third-order valence-corrected chi connectivity index (χ3v) is 6.71. The number of nitrogens with zero attached hydrogens (tertiary/aromatic N) is 4. The van der Waals surface area contributed by atoms with Gasteiger partial charge in [0.25, 0.3) is 5.91 Å². The molecule has 3 aliphatic rings. The Morgan fingerprint density at radius 1 is 1.13 bits per heavy atom. The number of ether oxygens (including phenoxy) is 1. The molecule has 2 amide bonds. The van der Waals surface area contributed by atoms with Crippen molar-refractivity contribution >= 4 is 23.4 Å². The van der Waals surface area contributed by atoms with Gasteiger partial charge < -0.3 is 15.0 Å². The number of likely N-dealkylation sites (tertiary alicyclic amines) is 1. The zero-order valence-electron chi connectivity index (χ0n) is 17.3. The first-order chi connectivity index (χ1) is 15.1. The van der Waals surface area contributed by atoms with Gasteiger partial charge in [0, 0.05) is 30.6 Å². The Morgan fingerprint density at radius 3 is 2.58 bits per heavy atom. The zero-order valence-corrected chi connectivity index (χ0v) is 18.1. The molecule has 31 heavy (non-hydrogen) atoms. The van der Waals surface area contributed by atoms with Gasteiger partial charge in [-0.15, -0.1) is 5.10 Å². The number of halogens is 1. The van der Waals surface area contributed by atoms with Gasteiger partial charge >= 0.3 is 0 Å². The van der Waals surface area contributed by atoms with Crippen LogP contribution in [0.5, 0.6) is 0 Å². The maximum atomic E-state index is 13.1. The lowest BCUT2D eigenvalue weighted by Crippen LogP contribution is -2.43. The van der Waals surface area contributed by atoms with Crippen molar-refractivity contribution in [2.75, 3.05) is 19.6 Å². The number of rotatable bonds is 5. The maximum absolute atomic E-state index is 13.1. The predicted octanol–water partition coefficient (Wildman–Crippen LogP) is 2.58. The number of amides is 2. The number of carbonyl (C=O) groups is 2. The van der Waals surface area contributed by atoms with Gasteiger partial charge in [0.15, 0.2) is 5.69 Å². The predicted molar refractivity (Wildman–Crippen MR) is 113 cm³/mol. The molecule has 1 aromatic heterocycles. The molecule has 1 aliphatic carbocycles. The van der Waals surface area contributed by atoms with Crippen molar-refractivity contribution in [1.82, 2.24) is 25.2 Å². The third-order valence-electron chi connectivity index (χ3n) is 6.46. The number of carbonyl (C=O) groups excluding carboxylic acids is 2. The maximum Gasteiger partial charge on any atom is 0.276 e. The fraction of sp³-hybridized carbons (Fsp3) is 0.545. The van der Waals surface area contributed by atoms with Gasteiger partial charge in [0.1, 0.15) is 6.10 Å². The Balaban J connectivity index is 1.19. The van der Waals surface area contributed by atoms with Gasteiger partial charge in [0.05, 0.1) is 18.8 Å². The summed E-state index contributed by atoms with van der Waals surface area (Å²) in [6, 6.07) is 7.54. The summed E-state index contributed by atoms with van der Waals surface area (Å²) in [6.07, 6.45) is 3.65. The molecule has 2 aliphatic heterocycles. The zero-order chi connectivity index (χ0) is 21.4. The summed E-state index contributed by atoms with van der Waals surface area (Å²) in [6.45, 7) is 2.69. The first-order valence-corrected chi connectivity index (χ1v) is 11.3. The number of piperidine rings is 1. The van der Waals surface area contributed by atoms with E-state index in [4.69, 9.17) is 16.3 Å². The van der Waals surface area contributed by atoms with Crippen molar-refractivity contribution in [3.8, 4) is 0 Å². The minimum Gasteiger partial charge on any atom is -0.365 e. The number of fused-ring (bicyclic) bond motifs is 1. The molecule has 1 aromatic carbocycles. The number of hydrogen-bond donors (Lipinski definition) is 1. The monoisotopic (exact) mass is 443 g/mol. The Hall–Kier alpha value is -2.45. The molecule has 0 spiro atoms. The first-order valence-electron chi connectivity index (χ1n) is 10.9. The van der Waals surface area contributed by atoms with Crippen LogP contribution in [0.3, 0.4) is 0 Å². The van der Waals surface area contributed by atoms with E-state index in [9.17, 15) is 9.59 Å². The highest BCUT2D eigenvalue weighted by Gasteiger charge is 2.33. The molecule has 1 saturated carbocycles. The summed E-state index contributed by atoms with van der Waals surface area (Å²) in [5.74, 6) is 0.653. The molecule has 2 aromatic rings. The molecule has 1 atom stereocenters. The van der Waals surface area contributed by atoms with Crippen molar-refractivity contribution in [3.63, 3.8) is 0 Å². The summed E-state index contributed by atoms with van der Waals surface area (Å²) in [7, 11) is 0. The molecule has 1 saturated heterocycles. The van der Waals surface area contributed by atoms with E-state index in [-0.39, 0.29) is 30.4 Å². The summed E-state index contributed by atoms with van der Waals surface area (Å²) in [5.41, 5.74) is 2.08. The van der Waals surface area contributed by atoms with E-state index in [1.54, 1.807) is 9.58 Å². The van der Waals surface area contributed by atoms with E-state index < -0.39 is 0 Å². The molecule has 2 fully saturated rings. The highest BCUT2D eigenvalue weighted by Crippen LogP contribution is 2.29. The fourth-order valence-corrected chi connectivity index (χ4v) is 4.39. The number of benzene rings is 1. The highest BCUT2D eigenvalue weighted by atomic mass is 35.5. The fourth-order valence-electron chi connectivity index (χ4n) is 4.26. The van der Waals surface area contributed by atoms with E-state index in [0.717, 1.165) is 12.1 Å². The smallest absolute Gasteiger partial charge is 0.276 e. The van der Waals surface area contributed by atoms with Crippen LogP contribution in [0.2, 0.25) is 5.02 Å². The topological polar surface area (TPSA) is 89.4 Å². The number of hydrogen-bond acceptors (Lipinski definition) is 5. The van der Waals surface area contributed by atoms with Crippen LogP contribution in [-0.2, 0) is 22.7 Å². The second-order valence-corrected chi connectivity index (χ2v) is 9.11. The Bertz CT molecular complexity index is 964. The molecule has 1 N–H and O–H groups in total. The van der Waals surface area contributed by atoms with Crippen LogP contribution in [0.4, 0.5) is 0 Å². The second-order valence-electron chi connectivity index (χ2n) is 8.67. The summed E-state index contributed by atoms with van der Waals surface area (Å²) >= 11 is 5.97. The molecule has 0 bridgehead atoms. The quantitative estimate of drug-likeness (QED) is 0.767. The van der Waals surface area contributed by atoms with Crippen LogP contribution in [0.15, 0.2) is 24.3 Å². The van der Waals surface area contributed by atoms with Crippen molar-refractivity contribution in [2.45, 2.75) is 44.9 Å². The van der Waals surface area contributed by atoms with Gasteiger partial charge in [-0.3, -0.25) is 9.59 Å². The van der Waals surface area contributed by atoms with E-state index in [1.165, 1.54) is 12.8 Å². The van der Waals surface area contributed by atoms with Crippen molar-refractivity contribution < 1.29 is 14.3 Å². The van der Waals surface area contributed by atoms with Gasteiger partial charge in [-0.05, 0) is 49.3 Å². The SMILES string of the molecule is O=C(NCC1CC1)C1CCN(C(=O)c2nnn3c2CO[C@H](c2ccc(Cl)cc2)C3)CC1. The average molecular weight is 444 g/mol. The average Bonchev–Trinajstić information content (AvgIpc) is 3.54. The van der Waals surface area contributed by atoms with E-state index in [0.29, 0.717) is 54.8 Å². The molecule has 8 nitrogen and oxygen atoms in total. The first kappa shape index (κ1) is 20.5. The molecule has 164 valence electrons. The molecule has 3 heterocycles. The molecular weight excluding hydrogens is 418 g/mol. The summed E-state index contributed by atoms with van der Waals surface area (Å²) in [5, 5.41) is 12.1. The van der Waals surface area contributed by atoms with E-state index in [1.807, 2.05) is 24.3 Å². The molecule has 9 heteroatoms. The van der Waals surface area contributed by atoms with Crippen LogP contribution in [-0.4, -0.2) is 51.3 Å². The summed E-state index contributed by atoms with van der Waals surface area (Å²) in [4.78, 5) is 27.2. The van der Waals surface area contributed by atoms with Crippen LogP contribution < -0.4 is 5.32 Å². The van der Waals surface area contributed by atoms with Crippen LogP contribution in [0.25, 0.3) is 0 Å². The Kier molecular flexibility index (Phi) is 5.67. The van der Waals surface area contributed by atoms with Crippen LogP contribution in [0, 0.1) is 11.8 Å². The number of nitrogens with one attached hydrogen (secondary N) is 1. The van der Waals surface area contributed by atoms with Crippen molar-refractivity contribution in [1.29, 1.82) is 0 Å². The minimum atomic E-state index is -0.153. The lowest BCUT2D eigenvalue weighted by Gasteiger charge is -2.31. The Labute approximate surface area is 185 Å². The van der Waals surface area contributed by atoms with Gasteiger partial charge in [-0.1, -0.05) is 28.9 Å². The van der Waals surface area contributed by atoms with Crippen LogP contribution >= 0.6 is 11.6 Å². The molecule has 0 radical (unpaired) electrons. The minimum absolute atomic E-state index is 0.0136. The lowest BCUT2D eigenvalue weighted by atomic mass is 9.95. The lowest BCUT2D eigenvalue weighted by molar-refractivity contribution is -0.126. The van der Waals surface area contributed by atoms with Crippen molar-refractivity contribution in [3.05, 3.63) is 46.2 Å². The normalized spacial score (nSPS) is 21.6. The second kappa shape index (κ2) is 8.59.